The van der Waals surface area contributed by atoms with E-state index >= 15 is 0 Å². The molecule has 4 rings (SSSR count). The zero-order chi connectivity index (χ0) is 19.3. The van der Waals surface area contributed by atoms with Crippen molar-refractivity contribution in [3.63, 3.8) is 0 Å². The fourth-order valence-corrected chi connectivity index (χ4v) is 3.04. The minimum atomic E-state index is -0.298. The van der Waals surface area contributed by atoms with Crippen molar-refractivity contribution >= 4 is 11.6 Å². The normalized spacial score (nSPS) is 11.9. The van der Waals surface area contributed by atoms with E-state index < -0.39 is 0 Å². The molecule has 4 aromatic rings. The first-order valence-electron chi connectivity index (χ1n) is 9.08. The second-order valence-corrected chi connectivity index (χ2v) is 6.44. The molecule has 2 aromatic heterocycles. The number of nitrogens with one attached hydrogen (secondary N) is 1. The molecule has 0 fully saturated rings. The van der Waals surface area contributed by atoms with Gasteiger partial charge in [-0.15, -0.1) is 10.2 Å². The van der Waals surface area contributed by atoms with Gasteiger partial charge < -0.3 is 10.1 Å². The Morgan fingerprint density at radius 1 is 1.00 bits per heavy atom. The second-order valence-electron chi connectivity index (χ2n) is 6.44. The maximum atomic E-state index is 12.9. The van der Waals surface area contributed by atoms with Crippen molar-refractivity contribution < 1.29 is 9.53 Å². The van der Waals surface area contributed by atoms with Gasteiger partial charge in [-0.3, -0.25) is 9.20 Å². The van der Waals surface area contributed by atoms with Gasteiger partial charge >= 0.3 is 0 Å². The van der Waals surface area contributed by atoms with Crippen LogP contribution in [0.3, 0.4) is 0 Å². The third-order valence-corrected chi connectivity index (χ3v) is 4.47. The Balaban J connectivity index is 1.50. The monoisotopic (exact) mass is 372 g/mol. The van der Waals surface area contributed by atoms with Crippen molar-refractivity contribution in [1.29, 1.82) is 0 Å². The van der Waals surface area contributed by atoms with Crippen LogP contribution in [0.4, 0.5) is 0 Å². The number of rotatable bonds is 6. The number of nitrogens with zero attached hydrogens (tertiary/aromatic N) is 3. The molecule has 0 aliphatic rings. The van der Waals surface area contributed by atoms with Gasteiger partial charge in [0.25, 0.3) is 5.91 Å². The number of ether oxygens (including phenoxy) is 1. The first kappa shape index (κ1) is 17.7. The van der Waals surface area contributed by atoms with E-state index in [-0.39, 0.29) is 11.9 Å². The Labute approximate surface area is 162 Å². The Hall–Kier alpha value is -3.67. The molecule has 2 heterocycles. The third-order valence-electron chi connectivity index (χ3n) is 4.47. The van der Waals surface area contributed by atoms with Crippen molar-refractivity contribution in [1.82, 2.24) is 19.9 Å². The lowest BCUT2D eigenvalue weighted by Gasteiger charge is -2.15. The molecular formula is C22H20N4O2. The molecule has 28 heavy (non-hydrogen) atoms. The predicted octanol–water partition coefficient (Wildman–Crippen LogP) is 3.80. The van der Waals surface area contributed by atoms with E-state index in [9.17, 15) is 4.79 Å². The molecule has 1 atom stereocenters. The van der Waals surface area contributed by atoms with E-state index in [4.69, 9.17) is 4.74 Å². The van der Waals surface area contributed by atoms with Crippen LogP contribution in [0.15, 0.2) is 79.0 Å². The topological polar surface area (TPSA) is 68.5 Å². The van der Waals surface area contributed by atoms with Gasteiger partial charge in [0.1, 0.15) is 12.4 Å². The summed E-state index contributed by atoms with van der Waals surface area (Å²) < 4.78 is 7.68. The lowest BCUT2D eigenvalue weighted by molar-refractivity contribution is 0.0935. The quantitative estimate of drug-likeness (QED) is 0.559. The maximum Gasteiger partial charge on any atom is 0.252 e. The van der Waals surface area contributed by atoms with Crippen LogP contribution in [-0.2, 0) is 6.61 Å². The highest BCUT2D eigenvalue weighted by Gasteiger charge is 2.18. The molecule has 2 aromatic carbocycles. The van der Waals surface area contributed by atoms with Crippen molar-refractivity contribution in [2.24, 2.45) is 0 Å². The highest BCUT2D eigenvalue weighted by Crippen LogP contribution is 2.17. The Morgan fingerprint density at radius 2 is 1.75 bits per heavy atom. The van der Waals surface area contributed by atoms with Crippen LogP contribution in [0.2, 0.25) is 0 Å². The van der Waals surface area contributed by atoms with Crippen molar-refractivity contribution in [3.8, 4) is 5.75 Å². The van der Waals surface area contributed by atoms with E-state index in [0.717, 1.165) is 17.0 Å². The molecule has 0 saturated heterocycles. The van der Waals surface area contributed by atoms with Crippen LogP contribution in [0.1, 0.15) is 34.7 Å². The fraction of sp³-hybridized carbons (Fsp3) is 0.136. The van der Waals surface area contributed by atoms with Gasteiger partial charge in [0, 0.05) is 17.3 Å². The Morgan fingerprint density at radius 3 is 2.61 bits per heavy atom. The number of pyridine rings is 1. The van der Waals surface area contributed by atoms with E-state index in [1.54, 1.807) is 6.07 Å². The summed E-state index contributed by atoms with van der Waals surface area (Å²) >= 11 is 0. The van der Waals surface area contributed by atoms with Crippen LogP contribution in [0, 0.1) is 0 Å². The smallest absolute Gasteiger partial charge is 0.252 e. The Bertz CT molecular complexity index is 1090. The van der Waals surface area contributed by atoms with Gasteiger partial charge in [0.15, 0.2) is 11.5 Å². The molecule has 140 valence electrons. The number of carbonyl (C=O) groups is 1. The van der Waals surface area contributed by atoms with Gasteiger partial charge in [-0.2, -0.15) is 0 Å². The predicted molar refractivity (Wildman–Crippen MR) is 106 cm³/mol. The molecular weight excluding hydrogens is 352 g/mol. The number of amides is 1. The van der Waals surface area contributed by atoms with Gasteiger partial charge in [-0.05, 0) is 37.3 Å². The van der Waals surface area contributed by atoms with Crippen molar-refractivity contribution in [2.45, 2.75) is 19.6 Å². The molecule has 1 N–H and O–H groups in total. The minimum Gasteiger partial charge on any atom is -0.489 e. The number of benzene rings is 2. The average Bonchev–Trinajstić information content (AvgIpc) is 3.17. The molecule has 1 amide bonds. The minimum absolute atomic E-state index is 0.174. The Kier molecular flexibility index (Phi) is 5.01. The maximum absolute atomic E-state index is 12.9. The van der Waals surface area contributed by atoms with Crippen LogP contribution < -0.4 is 10.1 Å². The molecule has 1 unspecified atom stereocenters. The first-order chi connectivity index (χ1) is 13.7. The summed E-state index contributed by atoms with van der Waals surface area (Å²) in [6.45, 7) is 2.21. The first-order valence-corrected chi connectivity index (χ1v) is 9.08. The summed E-state index contributed by atoms with van der Waals surface area (Å²) in [5, 5.41) is 11.4. The van der Waals surface area contributed by atoms with E-state index in [1.807, 2.05) is 84.3 Å². The number of carbonyl (C=O) groups excluding carboxylic acids is 1. The van der Waals surface area contributed by atoms with Gasteiger partial charge in [0.2, 0.25) is 0 Å². The molecule has 0 bridgehead atoms. The number of aromatic nitrogens is 3. The molecule has 0 aliphatic carbocycles. The summed E-state index contributed by atoms with van der Waals surface area (Å²) in [6, 6.07) is 22.4. The van der Waals surface area contributed by atoms with Crippen LogP contribution in [0.5, 0.6) is 5.75 Å². The molecule has 0 saturated carbocycles. The van der Waals surface area contributed by atoms with Crippen LogP contribution in [-0.4, -0.2) is 20.5 Å². The van der Waals surface area contributed by atoms with E-state index in [0.29, 0.717) is 18.0 Å². The lowest BCUT2D eigenvalue weighted by atomic mass is 10.1. The van der Waals surface area contributed by atoms with E-state index in [2.05, 4.69) is 15.5 Å². The second kappa shape index (κ2) is 7.92. The van der Waals surface area contributed by atoms with Crippen molar-refractivity contribution in [2.75, 3.05) is 0 Å². The molecule has 0 radical (unpaired) electrons. The highest BCUT2D eigenvalue weighted by molar-refractivity contribution is 5.95. The SMILES string of the molecule is CC(NC(=O)c1ccccc1COc1ccccc1)c1nnc2ccccn12. The standard InChI is InChI=1S/C22H20N4O2/c1-16(21-25-24-20-13-7-8-14-26(20)21)23-22(27)19-12-6-5-9-17(19)15-28-18-10-3-2-4-11-18/h2-14,16H,15H2,1H3,(H,23,27). The average molecular weight is 372 g/mol. The zero-order valence-corrected chi connectivity index (χ0v) is 15.4. The van der Waals surface area contributed by atoms with Crippen molar-refractivity contribution in [3.05, 3.63) is 95.9 Å². The summed E-state index contributed by atoms with van der Waals surface area (Å²) in [6.07, 6.45) is 1.88. The molecule has 6 heteroatoms. The van der Waals surface area contributed by atoms with E-state index in [1.165, 1.54) is 0 Å². The molecule has 6 nitrogen and oxygen atoms in total. The molecule has 0 spiro atoms. The number of para-hydroxylation sites is 1. The summed E-state index contributed by atoms with van der Waals surface area (Å²) in [5.74, 6) is 1.27. The number of hydrogen-bond acceptors (Lipinski definition) is 4. The van der Waals surface area contributed by atoms with Gasteiger partial charge in [0.05, 0.1) is 6.04 Å². The van der Waals surface area contributed by atoms with Crippen LogP contribution >= 0.6 is 0 Å². The van der Waals surface area contributed by atoms with Gasteiger partial charge in [-0.1, -0.05) is 42.5 Å². The number of hydrogen-bond donors (Lipinski definition) is 1. The fourth-order valence-electron chi connectivity index (χ4n) is 3.04. The molecule has 0 aliphatic heterocycles. The zero-order valence-electron chi connectivity index (χ0n) is 15.4. The summed E-state index contributed by atoms with van der Waals surface area (Å²) in [4.78, 5) is 12.9. The van der Waals surface area contributed by atoms with Crippen LogP contribution in [0.25, 0.3) is 5.65 Å². The largest absolute Gasteiger partial charge is 0.489 e. The lowest BCUT2D eigenvalue weighted by Crippen LogP contribution is -2.29. The van der Waals surface area contributed by atoms with Gasteiger partial charge in [-0.25, -0.2) is 0 Å². The highest BCUT2D eigenvalue weighted by atomic mass is 16.5. The summed E-state index contributed by atoms with van der Waals surface area (Å²) in [5.41, 5.74) is 2.15. The summed E-state index contributed by atoms with van der Waals surface area (Å²) in [7, 11) is 0. The third kappa shape index (κ3) is 3.71. The number of fused-ring (bicyclic) bond motifs is 1.